The molecule has 0 saturated carbocycles. The van der Waals surface area contributed by atoms with E-state index in [1.54, 1.807) is 6.92 Å². The van der Waals surface area contributed by atoms with E-state index in [2.05, 4.69) is 17.2 Å². The van der Waals surface area contributed by atoms with Gasteiger partial charge in [-0.25, -0.2) is 4.79 Å². The van der Waals surface area contributed by atoms with Crippen molar-refractivity contribution in [2.45, 2.75) is 65.0 Å². The van der Waals surface area contributed by atoms with Crippen LogP contribution >= 0.6 is 0 Å². The summed E-state index contributed by atoms with van der Waals surface area (Å²) >= 11 is 0. The molecule has 1 atom stereocenters. The third-order valence-corrected chi connectivity index (χ3v) is 3.24. The molecule has 21 heavy (non-hydrogen) atoms. The van der Waals surface area contributed by atoms with Crippen molar-refractivity contribution in [1.29, 1.82) is 0 Å². The predicted molar refractivity (Wildman–Crippen MR) is 81.7 cm³/mol. The Bertz CT molecular complexity index is 429. The number of hydrogen-bond acceptors (Lipinski definition) is 3. The van der Waals surface area contributed by atoms with E-state index in [0.29, 0.717) is 6.54 Å². The molecule has 1 unspecified atom stereocenters. The van der Waals surface area contributed by atoms with E-state index < -0.39 is 5.60 Å². The molecule has 0 bridgehead atoms. The van der Waals surface area contributed by atoms with Gasteiger partial charge in [-0.3, -0.25) is 4.79 Å². The average molecular weight is 294 g/mol. The lowest BCUT2D eigenvalue weighted by Gasteiger charge is -2.28. The summed E-state index contributed by atoms with van der Waals surface area (Å²) in [6, 6.07) is 0.217. The third kappa shape index (κ3) is 6.52. The fraction of sp³-hybridized carbons (Fsp3) is 0.750. The summed E-state index contributed by atoms with van der Waals surface area (Å²) < 4.78 is 5.43. The fourth-order valence-corrected chi connectivity index (χ4v) is 2.39. The summed E-state index contributed by atoms with van der Waals surface area (Å²) in [5, 5.41) is 2.74. The highest BCUT2D eigenvalue weighted by Gasteiger charge is 2.31. The second kappa shape index (κ2) is 7.92. The highest BCUT2D eigenvalue weighted by molar-refractivity contribution is 5.93. The van der Waals surface area contributed by atoms with Crippen molar-refractivity contribution < 1.29 is 14.3 Å². The van der Waals surface area contributed by atoms with Crippen LogP contribution in [0, 0.1) is 11.8 Å². The minimum absolute atomic E-state index is 0.217. The molecule has 0 aromatic rings. The molecule has 2 amide bonds. The molecule has 1 rings (SSSR count). The van der Waals surface area contributed by atoms with Crippen LogP contribution in [0.3, 0.4) is 0 Å². The van der Waals surface area contributed by atoms with Gasteiger partial charge in [0.25, 0.3) is 5.91 Å². The van der Waals surface area contributed by atoms with E-state index in [0.717, 1.165) is 32.2 Å². The molecule has 0 aromatic heterocycles. The van der Waals surface area contributed by atoms with Gasteiger partial charge in [0.15, 0.2) is 0 Å². The number of carbonyl (C=O) groups excluding carboxylic acids is 2. The Balaban J connectivity index is 2.35. The van der Waals surface area contributed by atoms with Gasteiger partial charge in [0, 0.05) is 19.1 Å². The second-order valence-corrected chi connectivity index (χ2v) is 6.24. The van der Waals surface area contributed by atoms with Crippen LogP contribution < -0.4 is 5.32 Å². The van der Waals surface area contributed by atoms with Crippen LogP contribution in [0.25, 0.3) is 0 Å². The molecule has 5 heteroatoms. The highest BCUT2D eigenvalue weighted by Crippen LogP contribution is 2.23. The minimum atomic E-state index is -0.461. The number of ether oxygens (including phenoxy) is 1. The van der Waals surface area contributed by atoms with Crippen molar-refractivity contribution in [2.75, 3.05) is 13.1 Å². The quantitative estimate of drug-likeness (QED) is 0.639. The van der Waals surface area contributed by atoms with Gasteiger partial charge in [0.05, 0.1) is 0 Å². The second-order valence-electron chi connectivity index (χ2n) is 6.24. The van der Waals surface area contributed by atoms with Gasteiger partial charge in [-0.2, -0.15) is 0 Å². The molecule has 0 aliphatic carbocycles. The number of hydrogen-bond donors (Lipinski definition) is 1. The average Bonchev–Trinajstić information content (AvgIpc) is 2.81. The first-order valence-corrected chi connectivity index (χ1v) is 7.53. The summed E-state index contributed by atoms with van der Waals surface area (Å²) in [7, 11) is 0. The molecular formula is C16H26N2O3. The van der Waals surface area contributed by atoms with E-state index in [-0.39, 0.29) is 18.0 Å². The van der Waals surface area contributed by atoms with Crippen LogP contribution in [-0.4, -0.2) is 41.6 Å². The van der Waals surface area contributed by atoms with E-state index in [1.807, 2.05) is 25.7 Å². The maximum Gasteiger partial charge on any atom is 0.410 e. The van der Waals surface area contributed by atoms with Gasteiger partial charge in [-0.1, -0.05) is 5.92 Å². The van der Waals surface area contributed by atoms with Crippen molar-refractivity contribution in [1.82, 2.24) is 10.2 Å². The van der Waals surface area contributed by atoms with E-state index in [9.17, 15) is 9.59 Å². The van der Waals surface area contributed by atoms with Crippen LogP contribution in [0.1, 0.15) is 53.4 Å². The summed E-state index contributed by atoms with van der Waals surface area (Å²) in [4.78, 5) is 25.1. The molecule has 5 nitrogen and oxygen atoms in total. The van der Waals surface area contributed by atoms with Gasteiger partial charge in [0.2, 0.25) is 0 Å². The van der Waals surface area contributed by atoms with Gasteiger partial charge in [-0.15, -0.1) is 0 Å². The van der Waals surface area contributed by atoms with Crippen LogP contribution in [0.15, 0.2) is 0 Å². The summed E-state index contributed by atoms with van der Waals surface area (Å²) in [5.41, 5.74) is -0.461. The van der Waals surface area contributed by atoms with Crippen molar-refractivity contribution in [3.05, 3.63) is 0 Å². The largest absolute Gasteiger partial charge is 0.444 e. The van der Waals surface area contributed by atoms with E-state index >= 15 is 0 Å². The molecule has 1 N–H and O–H groups in total. The van der Waals surface area contributed by atoms with Crippen molar-refractivity contribution in [3.63, 3.8) is 0 Å². The lowest BCUT2D eigenvalue weighted by molar-refractivity contribution is -0.115. The summed E-state index contributed by atoms with van der Waals surface area (Å²) in [6.45, 7) is 8.61. The number of carbonyl (C=O) groups is 2. The smallest absolute Gasteiger partial charge is 0.410 e. The molecule has 118 valence electrons. The monoisotopic (exact) mass is 294 g/mol. The van der Waals surface area contributed by atoms with Crippen LogP contribution in [0.4, 0.5) is 4.79 Å². The minimum Gasteiger partial charge on any atom is -0.444 e. The number of amides is 2. The van der Waals surface area contributed by atoms with Gasteiger partial charge in [-0.05, 0) is 59.3 Å². The summed E-state index contributed by atoms with van der Waals surface area (Å²) in [6.07, 6.45) is 3.49. The van der Waals surface area contributed by atoms with Crippen LogP contribution in [0.2, 0.25) is 0 Å². The zero-order chi connectivity index (χ0) is 15.9. The molecule has 0 aromatic carbocycles. The Morgan fingerprint density at radius 2 is 2.10 bits per heavy atom. The number of nitrogens with zero attached hydrogens (tertiary/aromatic N) is 1. The third-order valence-electron chi connectivity index (χ3n) is 3.24. The van der Waals surface area contributed by atoms with Crippen molar-refractivity contribution >= 4 is 12.0 Å². The molecule has 1 aliphatic rings. The lowest BCUT2D eigenvalue weighted by atomic mass is 10.1. The first-order valence-electron chi connectivity index (χ1n) is 7.53. The first kappa shape index (κ1) is 17.4. The number of nitrogens with one attached hydrogen (secondary N) is 1. The van der Waals surface area contributed by atoms with Gasteiger partial charge in [0.1, 0.15) is 5.60 Å². The Labute approximate surface area is 127 Å². The van der Waals surface area contributed by atoms with Crippen LogP contribution in [0.5, 0.6) is 0 Å². The topological polar surface area (TPSA) is 58.6 Å². The number of likely N-dealkylation sites (tertiary alicyclic amines) is 1. The lowest BCUT2D eigenvalue weighted by Crippen LogP contribution is -2.40. The molecular weight excluding hydrogens is 268 g/mol. The Kier molecular flexibility index (Phi) is 6.54. The van der Waals surface area contributed by atoms with Crippen molar-refractivity contribution in [2.24, 2.45) is 0 Å². The first-order chi connectivity index (χ1) is 9.83. The maximum atomic E-state index is 12.1. The Morgan fingerprint density at radius 1 is 1.38 bits per heavy atom. The molecule has 0 spiro atoms. The van der Waals surface area contributed by atoms with Crippen molar-refractivity contribution in [3.8, 4) is 11.8 Å². The standard InChI is InChI=1S/C16H26N2O3/c1-5-8-14(19)17-11-6-9-13-10-7-12-18(13)15(20)21-16(2,3)4/h13H,6-7,9-12H2,1-4H3,(H,17,19). The molecule has 1 fully saturated rings. The Hall–Kier alpha value is -1.70. The number of rotatable bonds is 4. The maximum absolute atomic E-state index is 12.1. The molecule has 0 radical (unpaired) electrons. The fourth-order valence-electron chi connectivity index (χ4n) is 2.39. The molecule has 1 saturated heterocycles. The van der Waals surface area contributed by atoms with E-state index in [4.69, 9.17) is 4.74 Å². The van der Waals surface area contributed by atoms with Gasteiger partial charge < -0.3 is 15.0 Å². The zero-order valence-electron chi connectivity index (χ0n) is 13.5. The SMILES string of the molecule is CC#CC(=O)NCCCC1CCCN1C(=O)OC(C)(C)C. The molecule has 1 aliphatic heterocycles. The van der Waals surface area contributed by atoms with E-state index in [1.165, 1.54) is 0 Å². The summed E-state index contributed by atoms with van der Waals surface area (Å²) in [5.74, 6) is 4.76. The Morgan fingerprint density at radius 3 is 2.71 bits per heavy atom. The predicted octanol–water partition coefficient (Wildman–Crippen LogP) is 2.31. The highest BCUT2D eigenvalue weighted by atomic mass is 16.6. The normalized spacial score (nSPS) is 17.9. The van der Waals surface area contributed by atoms with Crippen LogP contribution in [-0.2, 0) is 9.53 Å². The zero-order valence-corrected chi connectivity index (χ0v) is 13.5. The van der Waals surface area contributed by atoms with Gasteiger partial charge >= 0.3 is 6.09 Å². The molecule has 1 heterocycles.